The molecule has 72 valence electrons. The summed E-state index contributed by atoms with van der Waals surface area (Å²) < 4.78 is 6.12. The third kappa shape index (κ3) is 1.34. The summed E-state index contributed by atoms with van der Waals surface area (Å²) in [6.07, 6.45) is 0. The van der Waals surface area contributed by atoms with Gasteiger partial charge in [0.05, 0.1) is 0 Å². The lowest BCUT2D eigenvalue weighted by Gasteiger charge is -2.01. The second-order valence-electron chi connectivity index (χ2n) is 3.46. The maximum Gasteiger partial charge on any atom is 0.190 e. The normalized spacial score (nSPS) is 10.9. The first kappa shape index (κ1) is 8.62. The van der Waals surface area contributed by atoms with Gasteiger partial charge in [0.15, 0.2) is 4.71 Å². The minimum atomic E-state index is 0.527. The predicted octanol–water partition coefficient (Wildman–Crippen LogP) is 4.32. The van der Waals surface area contributed by atoms with E-state index in [2.05, 4.69) is 24.3 Å². The summed E-state index contributed by atoms with van der Waals surface area (Å²) in [5.41, 5.74) is 0.876. The highest BCUT2D eigenvalue weighted by atomic mass is 32.1. The van der Waals surface area contributed by atoms with Gasteiger partial charge in [-0.2, -0.15) is 0 Å². The highest BCUT2D eigenvalue weighted by Crippen LogP contribution is 2.24. The van der Waals surface area contributed by atoms with Crippen molar-refractivity contribution in [3.8, 4) is 0 Å². The van der Waals surface area contributed by atoms with E-state index in [0.29, 0.717) is 4.71 Å². The molecule has 0 aliphatic heterocycles. The molecule has 2 heteroatoms. The summed E-state index contributed by atoms with van der Waals surface area (Å²) in [6.45, 7) is 0. The van der Waals surface area contributed by atoms with Crippen LogP contribution in [0.4, 0.5) is 0 Å². The molecule has 3 aromatic rings. The van der Waals surface area contributed by atoms with Gasteiger partial charge in [0.25, 0.3) is 0 Å². The van der Waals surface area contributed by atoms with Crippen LogP contribution in [-0.4, -0.2) is 0 Å². The monoisotopic (exact) mass is 212 g/mol. The molecule has 0 aliphatic rings. The van der Waals surface area contributed by atoms with Crippen molar-refractivity contribution >= 4 is 34.0 Å². The first-order chi connectivity index (χ1) is 7.34. The molecule has 0 bridgehead atoms. The lowest BCUT2D eigenvalue weighted by Crippen LogP contribution is -1.76. The van der Waals surface area contributed by atoms with Crippen molar-refractivity contribution in [1.29, 1.82) is 0 Å². The highest BCUT2D eigenvalue weighted by molar-refractivity contribution is 7.71. The van der Waals surface area contributed by atoms with Gasteiger partial charge in [0.2, 0.25) is 0 Å². The first-order valence-electron chi connectivity index (χ1n) is 4.76. The molecule has 0 aliphatic carbocycles. The summed E-state index contributed by atoms with van der Waals surface area (Å²) in [5.74, 6) is 0. The molecule has 0 unspecified atom stereocenters. The molecule has 15 heavy (non-hydrogen) atoms. The second-order valence-corrected chi connectivity index (χ2v) is 3.86. The van der Waals surface area contributed by atoms with Crippen molar-refractivity contribution < 1.29 is 4.42 Å². The molecule has 0 amide bonds. The van der Waals surface area contributed by atoms with E-state index in [4.69, 9.17) is 16.6 Å². The van der Waals surface area contributed by atoms with Gasteiger partial charge >= 0.3 is 0 Å². The van der Waals surface area contributed by atoms with Crippen molar-refractivity contribution in [3.05, 3.63) is 53.2 Å². The largest absolute Gasteiger partial charge is 0.445 e. The average molecular weight is 212 g/mol. The smallest absolute Gasteiger partial charge is 0.190 e. The molecular weight excluding hydrogens is 204 g/mol. The molecule has 0 fully saturated rings. The van der Waals surface area contributed by atoms with Crippen LogP contribution in [0.15, 0.2) is 52.9 Å². The molecule has 1 nitrogen and oxygen atoms in total. The van der Waals surface area contributed by atoms with Crippen molar-refractivity contribution in [2.75, 3.05) is 0 Å². The Hall–Kier alpha value is -1.67. The Morgan fingerprint density at radius 2 is 1.53 bits per heavy atom. The highest BCUT2D eigenvalue weighted by Gasteiger charge is 2.00. The fourth-order valence-corrected chi connectivity index (χ4v) is 1.95. The van der Waals surface area contributed by atoms with Gasteiger partial charge in [-0.1, -0.05) is 36.4 Å². The van der Waals surface area contributed by atoms with Crippen LogP contribution in [0.5, 0.6) is 0 Å². The zero-order chi connectivity index (χ0) is 10.3. The summed E-state index contributed by atoms with van der Waals surface area (Å²) in [4.78, 5) is 0. The maximum absolute atomic E-state index is 5.59. The number of benzene rings is 2. The molecule has 3 rings (SSSR count). The van der Waals surface area contributed by atoms with Crippen LogP contribution in [0.1, 0.15) is 0 Å². The van der Waals surface area contributed by atoms with Gasteiger partial charge in [0.1, 0.15) is 5.58 Å². The summed E-state index contributed by atoms with van der Waals surface area (Å²) in [5, 5.41) is 3.37. The maximum atomic E-state index is 5.59. The molecule has 0 atom stereocenters. The van der Waals surface area contributed by atoms with Gasteiger partial charge in [-0.05, 0) is 29.7 Å². The van der Waals surface area contributed by atoms with Gasteiger partial charge in [0, 0.05) is 10.8 Å². The number of hydrogen-bond acceptors (Lipinski definition) is 2. The average Bonchev–Trinajstić information content (AvgIpc) is 2.29. The van der Waals surface area contributed by atoms with Crippen LogP contribution in [-0.2, 0) is 0 Å². The van der Waals surface area contributed by atoms with Crippen LogP contribution in [0.25, 0.3) is 21.7 Å². The van der Waals surface area contributed by atoms with Crippen molar-refractivity contribution in [3.63, 3.8) is 0 Å². The minimum Gasteiger partial charge on any atom is -0.445 e. The Bertz CT molecular complexity index is 697. The second kappa shape index (κ2) is 3.17. The van der Waals surface area contributed by atoms with Crippen LogP contribution in [0.3, 0.4) is 0 Å². The molecule has 0 spiro atoms. The van der Waals surface area contributed by atoms with Gasteiger partial charge in [-0.25, -0.2) is 0 Å². The van der Waals surface area contributed by atoms with Gasteiger partial charge in [-0.3, -0.25) is 0 Å². The molecule has 0 radical (unpaired) electrons. The quantitative estimate of drug-likeness (QED) is 0.407. The van der Waals surface area contributed by atoms with E-state index in [1.165, 1.54) is 5.39 Å². The van der Waals surface area contributed by atoms with E-state index in [1.807, 2.05) is 24.3 Å². The number of rotatable bonds is 0. The number of hydrogen-bond donors (Lipinski definition) is 0. The predicted molar refractivity (Wildman–Crippen MR) is 64.6 cm³/mol. The molecule has 1 aromatic heterocycles. The Kier molecular flexibility index (Phi) is 1.82. The zero-order valence-electron chi connectivity index (χ0n) is 7.94. The van der Waals surface area contributed by atoms with Crippen molar-refractivity contribution in [2.45, 2.75) is 0 Å². The molecule has 2 aromatic carbocycles. The van der Waals surface area contributed by atoms with Crippen LogP contribution in [0.2, 0.25) is 0 Å². The Morgan fingerprint density at radius 3 is 2.47 bits per heavy atom. The fraction of sp³-hybridized carbons (Fsp3) is 0. The molecular formula is C13H8OS. The van der Waals surface area contributed by atoms with Crippen molar-refractivity contribution in [1.82, 2.24) is 0 Å². The van der Waals surface area contributed by atoms with Crippen LogP contribution >= 0.6 is 12.2 Å². The van der Waals surface area contributed by atoms with E-state index in [-0.39, 0.29) is 0 Å². The lowest BCUT2D eigenvalue weighted by molar-refractivity contribution is 0.590. The fourth-order valence-electron chi connectivity index (χ4n) is 1.80. The van der Waals surface area contributed by atoms with Gasteiger partial charge < -0.3 is 4.42 Å². The SMILES string of the molecule is S=c1ccc2ccc3ccccc3c2o1. The zero-order valence-corrected chi connectivity index (χ0v) is 8.75. The van der Waals surface area contributed by atoms with E-state index in [1.54, 1.807) is 0 Å². The first-order valence-corrected chi connectivity index (χ1v) is 5.17. The molecule has 1 heterocycles. The summed E-state index contributed by atoms with van der Waals surface area (Å²) in [7, 11) is 0. The molecule has 0 N–H and O–H groups in total. The Labute approximate surface area is 92.0 Å². The number of fused-ring (bicyclic) bond motifs is 3. The van der Waals surface area contributed by atoms with Crippen molar-refractivity contribution in [2.24, 2.45) is 0 Å². The topological polar surface area (TPSA) is 13.1 Å². The summed E-state index contributed by atoms with van der Waals surface area (Å²) >= 11 is 5.04. The molecule has 0 saturated carbocycles. The third-order valence-electron chi connectivity index (χ3n) is 2.51. The Morgan fingerprint density at radius 1 is 0.800 bits per heavy atom. The lowest BCUT2D eigenvalue weighted by atomic mass is 10.1. The van der Waals surface area contributed by atoms with E-state index in [9.17, 15) is 0 Å². The molecule has 0 saturated heterocycles. The third-order valence-corrected chi connectivity index (χ3v) is 2.73. The van der Waals surface area contributed by atoms with E-state index < -0.39 is 0 Å². The van der Waals surface area contributed by atoms with E-state index in [0.717, 1.165) is 16.4 Å². The van der Waals surface area contributed by atoms with Gasteiger partial charge in [-0.15, -0.1) is 0 Å². The Balaban J connectivity index is 2.63. The minimum absolute atomic E-state index is 0.527. The van der Waals surface area contributed by atoms with E-state index >= 15 is 0 Å². The van der Waals surface area contributed by atoms with Crippen LogP contribution in [0, 0.1) is 4.71 Å². The standard InChI is InChI=1S/C13H8OS/c15-12-8-7-10-6-5-9-3-1-2-4-11(9)13(10)14-12/h1-8H. The van der Waals surface area contributed by atoms with Crippen LogP contribution < -0.4 is 0 Å². The summed E-state index contributed by atoms with van der Waals surface area (Å²) in [6, 6.07) is 16.1.